The number of nitrogens with one attached hydrogen (secondary N) is 2. The summed E-state index contributed by atoms with van der Waals surface area (Å²) in [4.78, 5) is 24.5. The maximum atomic E-state index is 12.4. The Kier molecular flexibility index (Phi) is 7.15. The summed E-state index contributed by atoms with van der Waals surface area (Å²) < 4.78 is 5.19. The van der Waals surface area contributed by atoms with Gasteiger partial charge in [0.2, 0.25) is 11.8 Å². The lowest BCUT2D eigenvalue weighted by Crippen LogP contribution is -2.45. The van der Waals surface area contributed by atoms with Crippen LogP contribution in [0.5, 0.6) is 5.75 Å². The van der Waals surface area contributed by atoms with Crippen LogP contribution in [0, 0.1) is 17.8 Å². The van der Waals surface area contributed by atoms with Crippen LogP contribution in [0.4, 0.5) is 5.69 Å². The molecule has 4 unspecified atom stereocenters. The second-order valence-corrected chi connectivity index (χ2v) is 7.31. The molecule has 0 radical (unpaired) electrons. The fraction of sp³-hybridized carbons (Fsp3) is 0.556. The lowest BCUT2D eigenvalue weighted by Gasteiger charge is -2.26. The van der Waals surface area contributed by atoms with Crippen molar-refractivity contribution in [1.29, 1.82) is 0 Å². The van der Waals surface area contributed by atoms with Crippen molar-refractivity contribution in [1.82, 2.24) is 5.32 Å². The van der Waals surface area contributed by atoms with Gasteiger partial charge in [0.05, 0.1) is 18.7 Å². The summed E-state index contributed by atoms with van der Waals surface area (Å²) in [5, 5.41) is 6.13. The van der Waals surface area contributed by atoms with Gasteiger partial charge in [0.25, 0.3) is 0 Å². The Morgan fingerprint density at radius 1 is 1.31 bits per heavy atom. The number of amides is 2. The zero-order chi connectivity index (χ0) is 18.0. The number of benzene rings is 1. The van der Waals surface area contributed by atoms with Crippen LogP contribution in [0.3, 0.4) is 0 Å². The minimum absolute atomic E-state index is 0. The SMILES string of the molecule is COc1ccc(Cl)cc1NC(=O)CCNC(=O)C1C2CCC(C2)C1N.Cl. The number of ether oxygens (including phenoxy) is 1. The number of hydrogen-bond acceptors (Lipinski definition) is 4. The van der Waals surface area contributed by atoms with E-state index in [-0.39, 0.29) is 49.1 Å². The number of rotatable bonds is 6. The fourth-order valence-electron chi connectivity index (χ4n) is 4.13. The number of halogens is 2. The normalized spacial score (nSPS) is 26.1. The Hall–Kier alpha value is -1.50. The van der Waals surface area contributed by atoms with E-state index >= 15 is 0 Å². The molecule has 4 atom stereocenters. The van der Waals surface area contributed by atoms with E-state index in [4.69, 9.17) is 22.1 Å². The predicted octanol–water partition coefficient (Wildman–Crippen LogP) is 2.59. The molecule has 3 rings (SSSR count). The first-order chi connectivity index (χ1) is 12.0. The molecule has 0 aliphatic heterocycles. The lowest BCUT2D eigenvalue weighted by atomic mass is 9.84. The average molecular weight is 402 g/mol. The molecule has 6 nitrogen and oxygen atoms in total. The molecule has 144 valence electrons. The summed E-state index contributed by atoms with van der Waals surface area (Å²) in [5.74, 6) is 1.10. The largest absolute Gasteiger partial charge is 0.495 e. The van der Waals surface area contributed by atoms with Gasteiger partial charge >= 0.3 is 0 Å². The number of fused-ring (bicyclic) bond motifs is 2. The highest BCUT2D eigenvalue weighted by Gasteiger charge is 2.48. The molecule has 0 spiro atoms. The van der Waals surface area contributed by atoms with Gasteiger partial charge in [0, 0.05) is 24.0 Å². The van der Waals surface area contributed by atoms with Crippen molar-refractivity contribution in [3.05, 3.63) is 23.2 Å². The van der Waals surface area contributed by atoms with Crippen molar-refractivity contribution < 1.29 is 14.3 Å². The van der Waals surface area contributed by atoms with E-state index in [9.17, 15) is 9.59 Å². The minimum Gasteiger partial charge on any atom is -0.495 e. The second kappa shape index (κ2) is 8.93. The first-order valence-electron chi connectivity index (χ1n) is 8.66. The Balaban J connectivity index is 0.00000243. The maximum Gasteiger partial charge on any atom is 0.226 e. The van der Waals surface area contributed by atoms with Gasteiger partial charge in [-0.15, -0.1) is 12.4 Å². The van der Waals surface area contributed by atoms with Crippen LogP contribution in [0.25, 0.3) is 0 Å². The van der Waals surface area contributed by atoms with Gasteiger partial charge in [-0.2, -0.15) is 0 Å². The lowest BCUT2D eigenvalue weighted by molar-refractivity contribution is -0.127. The summed E-state index contributed by atoms with van der Waals surface area (Å²) in [6, 6.07) is 4.97. The number of nitrogens with two attached hydrogens (primary N) is 1. The third-order valence-electron chi connectivity index (χ3n) is 5.37. The van der Waals surface area contributed by atoms with E-state index in [1.807, 2.05) is 0 Å². The van der Waals surface area contributed by atoms with Crippen molar-refractivity contribution in [2.75, 3.05) is 19.0 Å². The van der Waals surface area contributed by atoms with E-state index < -0.39 is 0 Å². The van der Waals surface area contributed by atoms with Gasteiger partial charge in [-0.05, 0) is 49.3 Å². The molecule has 2 fully saturated rings. The molecule has 26 heavy (non-hydrogen) atoms. The van der Waals surface area contributed by atoms with Crippen LogP contribution < -0.4 is 21.1 Å². The predicted molar refractivity (Wildman–Crippen MR) is 104 cm³/mol. The maximum absolute atomic E-state index is 12.4. The fourth-order valence-corrected chi connectivity index (χ4v) is 4.30. The number of anilines is 1. The first kappa shape index (κ1) is 20.8. The Morgan fingerprint density at radius 3 is 2.69 bits per heavy atom. The van der Waals surface area contributed by atoms with Gasteiger partial charge in [-0.1, -0.05) is 11.6 Å². The molecule has 0 heterocycles. The second-order valence-electron chi connectivity index (χ2n) is 6.87. The monoisotopic (exact) mass is 401 g/mol. The van der Waals surface area contributed by atoms with Gasteiger partial charge in [0.15, 0.2) is 0 Å². The van der Waals surface area contributed by atoms with Crippen molar-refractivity contribution in [3.8, 4) is 5.75 Å². The van der Waals surface area contributed by atoms with E-state index in [0.29, 0.717) is 28.3 Å². The molecule has 2 aliphatic carbocycles. The summed E-state index contributed by atoms with van der Waals surface area (Å²) in [7, 11) is 1.53. The van der Waals surface area contributed by atoms with E-state index in [1.54, 1.807) is 18.2 Å². The van der Waals surface area contributed by atoms with Gasteiger partial charge in [-0.25, -0.2) is 0 Å². The molecule has 4 N–H and O–H groups in total. The number of carbonyl (C=O) groups excluding carboxylic acids is 2. The van der Waals surface area contributed by atoms with Crippen molar-refractivity contribution in [2.45, 2.75) is 31.7 Å². The Labute approximate surface area is 164 Å². The molecular weight excluding hydrogens is 377 g/mol. The van der Waals surface area contributed by atoms with Gasteiger partial charge < -0.3 is 21.1 Å². The molecule has 1 aromatic rings. The van der Waals surface area contributed by atoms with E-state index in [2.05, 4.69) is 10.6 Å². The highest BCUT2D eigenvalue weighted by Crippen LogP contribution is 2.47. The topological polar surface area (TPSA) is 93.5 Å². The smallest absolute Gasteiger partial charge is 0.226 e. The third kappa shape index (κ3) is 4.42. The Morgan fingerprint density at radius 2 is 2.04 bits per heavy atom. The van der Waals surface area contributed by atoms with Crippen LogP contribution in [-0.4, -0.2) is 31.5 Å². The highest BCUT2D eigenvalue weighted by atomic mass is 35.5. The van der Waals surface area contributed by atoms with E-state index in [1.165, 1.54) is 7.11 Å². The molecule has 2 amide bonds. The summed E-state index contributed by atoms with van der Waals surface area (Å²) >= 11 is 5.94. The first-order valence-corrected chi connectivity index (χ1v) is 9.04. The standard InChI is InChI=1S/C18H24ClN3O3.ClH/c1-25-14-5-4-12(19)9-13(14)22-15(23)6-7-21-18(24)16-10-2-3-11(8-10)17(16)20;/h4-5,9-11,16-17H,2-3,6-8,20H2,1H3,(H,21,24)(H,22,23);1H. The molecule has 0 saturated heterocycles. The quantitative estimate of drug-likeness (QED) is 0.682. The molecule has 2 bridgehead atoms. The molecular formula is C18H25Cl2N3O3. The summed E-state index contributed by atoms with van der Waals surface area (Å²) in [5.41, 5.74) is 6.69. The molecule has 2 aliphatic rings. The van der Waals surface area contributed by atoms with Crippen molar-refractivity contribution in [2.24, 2.45) is 23.5 Å². The van der Waals surface area contributed by atoms with Crippen LogP contribution in [0.1, 0.15) is 25.7 Å². The van der Waals surface area contributed by atoms with E-state index in [0.717, 1.165) is 19.3 Å². The zero-order valence-corrected chi connectivity index (χ0v) is 16.2. The number of methoxy groups -OCH3 is 1. The molecule has 1 aromatic carbocycles. The third-order valence-corrected chi connectivity index (χ3v) is 5.61. The number of hydrogen-bond donors (Lipinski definition) is 3. The number of carbonyl (C=O) groups is 2. The van der Waals surface area contributed by atoms with Crippen LogP contribution >= 0.6 is 24.0 Å². The van der Waals surface area contributed by atoms with Crippen LogP contribution in [0.2, 0.25) is 5.02 Å². The Bertz CT molecular complexity index is 669. The average Bonchev–Trinajstić information content (AvgIpc) is 3.16. The van der Waals surface area contributed by atoms with Gasteiger partial charge in [-0.3, -0.25) is 9.59 Å². The zero-order valence-electron chi connectivity index (χ0n) is 14.7. The van der Waals surface area contributed by atoms with Crippen molar-refractivity contribution >= 4 is 41.5 Å². The molecule has 0 aromatic heterocycles. The van der Waals surface area contributed by atoms with Crippen LogP contribution in [0.15, 0.2) is 18.2 Å². The summed E-state index contributed by atoms with van der Waals surface area (Å²) in [6.45, 7) is 0.286. The van der Waals surface area contributed by atoms with Crippen LogP contribution in [-0.2, 0) is 9.59 Å². The van der Waals surface area contributed by atoms with Crippen molar-refractivity contribution in [3.63, 3.8) is 0 Å². The minimum atomic E-state index is -0.210. The molecule has 8 heteroatoms. The molecule has 2 saturated carbocycles. The summed E-state index contributed by atoms with van der Waals surface area (Å²) in [6.07, 6.45) is 3.47. The van der Waals surface area contributed by atoms with Gasteiger partial charge in [0.1, 0.15) is 5.75 Å². The highest BCUT2D eigenvalue weighted by molar-refractivity contribution is 6.31.